The highest BCUT2D eigenvalue weighted by Crippen LogP contribution is 2.28. The summed E-state index contributed by atoms with van der Waals surface area (Å²) in [5.41, 5.74) is 4.39. The van der Waals surface area contributed by atoms with E-state index >= 15 is 0 Å². The smallest absolute Gasteiger partial charge is 0.307 e. The van der Waals surface area contributed by atoms with E-state index in [9.17, 15) is 18.0 Å². The zero-order chi connectivity index (χ0) is 24.6. The van der Waals surface area contributed by atoms with Gasteiger partial charge in [-0.25, -0.2) is 8.42 Å². The van der Waals surface area contributed by atoms with Gasteiger partial charge in [-0.1, -0.05) is 46.7 Å². The van der Waals surface area contributed by atoms with E-state index in [0.717, 1.165) is 42.5 Å². The number of aryl methyl sites for hydroxylation is 4. The third-order valence-corrected chi connectivity index (χ3v) is 8.36. The van der Waals surface area contributed by atoms with Crippen molar-refractivity contribution in [1.82, 2.24) is 4.57 Å². The summed E-state index contributed by atoms with van der Waals surface area (Å²) in [5, 5.41) is 2.78. The molecule has 0 aliphatic carbocycles. The van der Waals surface area contributed by atoms with Crippen molar-refractivity contribution in [2.45, 2.75) is 25.7 Å². The van der Waals surface area contributed by atoms with Gasteiger partial charge in [-0.2, -0.15) is 0 Å². The van der Waals surface area contributed by atoms with E-state index in [0.29, 0.717) is 11.4 Å². The SMILES string of the molecule is Cc1ccc(S(=O)(=O)N(CC(=O)Nc2ccc3c(c2)sc(=O)n3C)c2ccc(C)cc2C)cc1. The minimum atomic E-state index is -4.00. The zero-order valence-corrected chi connectivity index (χ0v) is 21.0. The minimum absolute atomic E-state index is 0.0938. The average Bonchev–Trinajstić information content (AvgIpc) is 3.05. The van der Waals surface area contributed by atoms with Crippen LogP contribution in [0.5, 0.6) is 0 Å². The van der Waals surface area contributed by atoms with Crippen LogP contribution in [0, 0.1) is 20.8 Å². The quantitative estimate of drug-likeness (QED) is 0.431. The number of carbonyl (C=O) groups excluding carboxylic acids is 1. The molecule has 1 heterocycles. The van der Waals surface area contributed by atoms with Crippen molar-refractivity contribution in [2.24, 2.45) is 7.05 Å². The Bertz CT molecular complexity index is 1550. The van der Waals surface area contributed by atoms with E-state index in [2.05, 4.69) is 5.32 Å². The molecule has 4 aromatic rings. The second-order valence-corrected chi connectivity index (χ2v) is 11.1. The summed E-state index contributed by atoms with van der Waals surface area (Å²) in [6.45, 7) is 5.23. The molecule has 0 aliphatic heterocycles. The molecule has 0 saturated heterocycles. The van der Waals surface area contributed by atoms with Crippen LogP contribution in [0.4, 0.5) is 11.4 Å². The lowest BCUT2D eigenvalue weighted by atomic mass is 10.1. The lowest BCUT2D eigenvalue weighted by molar-refractivity contribution is -0.114. The number of fused-ring (bicyclic) bond motifs is 1. The monoisotopic (exact) mass is 495 g/mol. The number of anilines is 2. The number of thiazole rings is 1. The number of amides is 1. The van der Waals surface area contributed by atoms with E-state index in [1.165, 1.54) is 0 Å². The van der Waals surface area contributed by atoms with E-state index in [1.54, 1.807) is 60.1 Å². The number of benzene rings is 3. The van der Waals surface area contributed by atoms with E-state index in [4.69, 9.17) is 0 Å². The number of aromatic nitrogens is 1. The highest BCUT2D eigenvalue weighted by atomic mass is 32.2. The molecule has 1 amide bonds. The van der Waals surface area contributed by atoms with Crippen molar-refractivity contribution in [1.29, 1.82) is 0 Å². The Kier molecular flexibility index (Phi) is 6.33. The Balaban J connectivity index is 1.68. The molecule has 0 saturated carbocycles. The van der Waals surface area contributed by atoms with Crippen LogP contribution in [0.2, 0.25) is 0 Å². The number of nitrogens with one attached hydrogen (secondary N) is 1. The standard InChI is InChI=1S/C25H25N3O4S2/c1-16-5-9-20(10-6-16)34(31,32)28(21-11-7-17(2)13-18(21)3)15-24(29)26-19-8-12-22-23(14-19)33-25(30)27(22)4/h5-14H,15H2,1-4H3,(H,26,29). The molecule has 1 aromatic heterocycles. The molecule has 0 fully saturated rings. The first-order chi connectivity index (χ1) is 16.1. The molecule has 0 unspecified atom stereocenters. The fraction of sp³-hybridized carbons (Fsp3) is 0.200. The molecule has 9 heteroatoms. The Morgan fingerprint density at radius 3 is 2.32 bits per heavy atom. The molecule has 4 rings (SSSR count). The molecule has 3 aromatic carbocycles. The van der Waals surface area contributed by atoms with Gasteiger partial charge in [0.25, 0.3) is 10.0 Å². The molecule has 0 spiro atoms. The summed E-state index contributed by atoms with van der Waals surface area (Å²) >= 11 is 1.09. The molecule has 176 valence electrons. The Morgan fingerprint density at radius 2 is 1.65 bits per heavy atom. The normalized spacial score (nSPS) is 11.5. The Hall–Kier alpha value is -3.43. The summed E-state index contributed by atoms with van der Waals surface area (Å²) in [5.74, 6) is -0.488. The van der Waals surface area contributed by atoms with Gasteiger partial charge < -0.3 is 9.88 Å². The van der Waals surface area contributed by atoms with Crippen LogP contribution < -0.4 is 14.5 Å². The average molecular weight is 496 g/mol. The maximum absolute atomic E-state index is 13.6. The molecular formula is C25H25N3O4S2. The fourth-order valence-electron chi connectivity index (χ4n) is 3.76. The zero-order valence-electron chi connectivity index (χ0n) is 19.3. The van der Waals surface area contributed by atoms with Crippen molar-refractivity contribution in [2.75, 3.05) is 16.2 Å². The molecule has 7 nitrogen and oxygen atoms in total. The van der Waals surface area contributed by atoms with Gasteiger partial charge in [-0.05, 0) is 62.7 Å². The van der Waals surface area contributed by atoms with Crippen LogP contribution in [0.3, 0.4) is 0 Å². The first-order valence-corrected chi connectivity index (χ1v) is 12.9. The molecule has 34 heavy (non-hydrogen) atoms. The van der Waals surface area contributed by atoms with E-state index < -0.39 is 22.5 Å². The van der Waals surface area contributed by atoms with Gasteiger partial charge in [0.2, 0.25) is 5.91 Å². The molecule has 0 radical (unpaired) electrons. The highest BCUT2D eigenvalue weighted by molar-refractivity contribution is 7.92. The summed E-state index contributed by atoms with van der Waals surface area (Å²) in [7, 11) is -2.31. The van der Waals surface area contributed by atoms with E-state index in [-0.39, 0.29) is 9.77 Å². The van der Waals surface area contributed by atoms with Gasteiger partial charge >= 0.3 is 4.87 Å². The topological polar surface area (TPSA) is 88.5 Å². The lowest BCUT2D eigenvalue weighted by Crippen LogP contribution is -2.38. The highest BCUT2D eigenvalue weighted by Gasteiger charge is 2.28. The van der Waals surface area contributed by atoms with Crippen molar-refractivity contribution in [3.8, 4) is 0 Å². The largest absolute Gasteiger partial charge is 0.324 e. The van der Waals surface area contributed by atoms with Crippen LogP contribution in [-0.4, -0.2) is 25.4 Å². The van der Waals surface area contributed by atoms with Crippen molar-refractivity contribution < 1.29 is 13.2 Å². The number of hydrogen-bond donors (Lipinski definition) is 1. The van der Waals surface area contributed by atoms with Crippen LogP contribution in [0.25, 0.3) is 10.2 Å². The number of sulfonamides is 1. The Morgan fingerprint density at radius 1 is 0.971 bits per heavy atom. The summed E-state index contributed by atoms with van der Waals surface area (Å²) < 4.78 is 30.6. The molecule has 0 aliphatic rings. The van der Waals surface area contributed by atoms with Gasteiger partial charge in [0.05, 0.1) is 20.8 Å². The van der Waals surface area contributed by atoms with Gasteiger partial charge in [-0.3, -0.25) is 13.9 Å². The first kappa shape index (κ1) is 23.7. The maximum Gasteiger partial charge on any atom is 0.307 e. The van der Waals surface area contributed by atoms with Gasteiger partial charge in [-0.15, -0.1) is 0 Å². The van der Waals surface area contributed by atoms with Crippen molar-refractivity contribution >= 4 is 48.9 Å². The minimum Gasteiger partial charge on any atom is -0.324 e. The summed E-state index contributed by atoms with van der Waals surface area (Å²) in [4.78, 5) is 25.0. The second-order valence-electron chi connectivity index (χ2n) is 8.27. The molecule has 0 bridgehead atoms. The van der Waals surface area contributed by atoms with E-state index in [1.807, 2.05) is 32.9 Å². The third kappa shape index (κ3) is 4.62. The number of hydrogen-bond acceptors (Lipinski definition) is 5. The second kappa shape index (κ2) is 9.08. The van der Waals surface area contributed by atoms with Crippen LogP contribution in [-0.2, 0) is 21.9 Å². The summed E-state index contributed by atoms with van der Waals surface area (Å²) in [6, 6.07) is 17.2. The molecular weight excluding hydrogens is 470 g/mol. The maximum atomic E-state index is 13.6. The molecule has 0 atom stereocenters. The fourth-order valence-corrected chi connectivity index (χ4v) is 6.17. The predicted molar refractivity (Wildman–Crippen MR) is 137 cm³/mol. The van der Waals surface area contributed by atoms with Gasteiger partial charge in [0.15, 0.2) is 0 Å². The first-order valence-electron chi connectivity index (χ1n) is 10.6. The van der Waals surface area contributed by atoms with Crippen LogP contribution in [0.15, 0.2) is 70.4 Å². The number of nitrogens with zero attached hydrogens (tertiary/aromatic N) is 2. The van der Waals surface area contributed by atoms with Gasteiger partial charge in [0.1, 0.15) is 6.54 Å². The van der Waals surface area contributed by atoms with Crippen LogP contribution in [0.1, 0.15) is 16.7 Å². The van der Waals surface area contributed by atoms with Crippen molar-refractivity contribution in [3.05, 3.63) is 87.0 Å². The number of rotatable bonds is 6. The Labute approximate surface area is 202 Å². The number of carbonyl (C=O) groups is 1. The van der Waals surface area contributed by atoms with Crippen LogP contribution >= 0.6 is 11.3 Å². The lowest BCUT2D eigenvalue weighted by Gasteiger charge is -2.26. The summed E-state index contributed by atoms with van der Waals surface area (Å²) in [6.07, 6.45) is 0. The van der Waals surface area contributed by atoms with Crippen molar-refractivity contribution in [3.63, 3.8) is 0 Å². The molecule has 1 N–H and O–H groups in total. The predicted octanol–water partition coefficient (Wildman–Crippen LogP) is 4.36. The third-order valence-electron chi connectivity index (χ3n) is 5.59. The van der Waals surface area contributed by atoms with Gasteiger partial charge in [0, 0.05) is 12.7 Å².